The molecule has 32 heavy (non-hydrogen) atoms. The summed E-state index contributed by atoms with van der Waals surface area (Å²) in [4.78, 5) is 26.7. The molecule has 1 fully saturated rings. The zero-order chi connectivity index (χ0) is 23.4. The molecule has 1 saturated heterocycles. The highest BCUT2D eigenvalue weighted by molar-refractivity contribution is 9.10. The monoisotopic (exact) mass is 535 g/mol. The third kappa shape index (κ3) is 5.33. The number of esters is 1. The quantitative estimate of drug-likeness (QED) is 0.266. The summed E-state index contributed by atoms with van der Waals surface area (Å²) >= 11 is 10.2. The first kappa shape index (κ1) is 24.3. The molecule has 0 radical (unpaired) electrons. The lowest BCUT2D eigenvalue weighted by Gasteiger charge is -2.16. The van der Waals surface area contributed by atoms with Crippen molar-refractivity contribution in [3.63, 3.8) is 0 Å². The van der Waals surface area contributed by atoms with Gasteiger partial charge in [-0.3, -0.25) is 9.69 Å². The number of methoxy groups -OCH3 is 1. The van der Waals surface area contributed by atoms with E-state index in [0.29, 0.717) is 25.2 Å². The second-order valence-electron chi connectivity index (χ2n) is 6.91. The number of amides is 1. The normalized spacial score (nSPS) is 14.8. The largest absolute Gasteiger partial charge is 0.493 e. The Morgan fingerprint density at radius 1 is 1.22 bits per heavy atom. The Bertz CT molecular complexity index is 1120. The lowest BCUT2D eigenvalue weighted by molar-refractivity contribution is -0.145. The molecule has 0 unspecified atom stereocenters. The molecule has 2 aromatic carbocycles. The first-order chi connectivity index (χ1) is 15.2. The second-order valence-corrected chi connectivity index (χ2v) is 9.44. The summed E-state index contributed by atoms with van der Waals surface area (Å²) in [6.45, 7) is 5.79. The first-order valence-corrected chi connectivity index (χ1v) is 11.8. The van der Waals surface area contributed by atoms with Gasteiger partial charge in [0, 0.05) is 0 Å². The van der Waals surface area contributed by atoms with Crippen molar-refractivity contribution in [3.05, 3.63) is 56.4 Å². The minimum atomic E-state index is -0.472. The number of benzene rings is 2. The molecule has 2 aromatic rings. The van der Waals surface area contributed by atoms with Gasteiger partial charge in [0.05, 0.1) is 28.8 Å². The molecule has 6 nitrogen and oxygen atoms in total. The number of hydrogen-bond acceptors (Lipinski definition) is 7. The fraction of sp³-hybridized carbons (Fsp3) is 0.261. The Hall–Kier alpha value is -2.36. The van der Waals surface area contributed by atoms with Crippen LogP contribution in [-0.4, -0.2) is 36.5 Å². The molecule has 1 aliphatic rings. The average molecular weight is 536 g/mol. The van der Waals surface area contributed by atoms with E-state index in [-0.39, 0.29) is 19.1 Å². The predicted octanol–water partition coefficient (Wildman–Crippen LogP) is 5.42. The summed E-state index contributed by atoms with van der Waals surface area (Å²) in [5, 5.41) is 0. The number of hydrogen-bond donors (Lipinski definition) is 0. The number of rotatable bonds is 7. The van der Waals surface area contributed by atoms with Crippen LogP contribution >= 0.6 is 39.9 Å². The molecule has 0 saturated carbocycles. The van der Waals surface area contributed by atoms with E-state index in [1.165, 1.54) is 18.9 Å². The van der Waals surface area contributed by atoms with Crippen LogP contribution in [0.15, 0.2) is 39.7 Å². The van der Waals surface area contributed by atoms with Crippen LogP contribution in [-0.2, 0) is 14.3 Å². The van der Waals surface area contributed by atoms with Gasteiger partial charge in [-0.1, -0.05) is 30.0 Å². The van der Waals surface area contributed by atoms with E-state index in [1.807, 2.05) is 32.0 Å². The average Bonchev–Trinajstić information content (AvgIpc) is 3.02. The van der Waals surface area contributed by atoms with Crippen LogP contribution in [0.3, 0.4) is 0 Å². The van der Waals surface area contributed by atoms with Gasteiger partial charge >= 0.3 is 5.97 Å². The third-order valence-electron chi connectivity index (χ3n) is 4.73. The summed E-state index contributed by atoms with van der Waals surface area (Å²) in [5.74, 6) is 0.140. The fourth-order valence-electron chi connectivity index (χ4n) is 3.00. The number of ether oxygens (including phenoxy) is 3. The molecule has 168 valence electrons. The fourth-order valence-corrected chi connectivity index (χ4v) is 4.88. The standard InChI is InChI=1S/C23H22BrNO5S2/c1-5-29-20(26)12-30-21-17(24)9-15(10-18(21)28-4)11-19-22(27)25(23(31)32-19)16-7-6-13(2)14(3)8-16/h6-11H,5,12H2,1-4H3. The van der Waals surface area contributed by atoms with E-state index in [4.69, 9.17) is 26.4 Å². The molecule has 0 bridgehead atoms. The smallest absolute Gasteiger partial charge is 0.344 e. The van der Waals surface area contributed by atoms with E-state index in [1.54, 1.807) is 30.0 Å². The maximum Gasteiger partial charge on any atom is 0.344 e. The molecular weight excluding hydrogens is 514 g/mol. The van der Waals surface area contributed by atoms with Crippen molar-refractivity contribution in [3.8, 4) is 11.5 Å². The number of anilines is 1. The molecule has 0 aromatic heterocycles. The van der Waals surface area contributed by atoms with Gasteiger partial charge in [-0.25, -0.2) is 4.79 Å². The van der Waals surface area contributed by atoms with E-state index >= 15 is 0 Å². The van der Waals surface area contributed by atoms with Crippen LogP contribution in [0.2, 0.25) is 0 Å². The molecule has 3 rings (SSSR count). The van der Waals surface area contributed by atoms with Crippen LogP contribution in [0, 0.1) is 13.8 Å². The molecule has 0 atom stereocenters. The van der Waals surface area contributed by atoms with Gasteiger partial charge in [-0.2, -0.15) is 0 Å². The number of thioether (sulfide) groups is 1. The molecular formula is C23H22BrNO5S2. The van der Waals surface area contributed by atoms with Gasteiger partial charge < -0.3 is 14.2 Å². The highest BCUT2D eigenvalue weighted by Crippen LogP contribution is 2.40. The number of carbonyl (C=O) groups is 2. The van der Waals surface area contributed by atoms with Crippen molar-refractivity contribution in [2.24, 2.45) is 0 Å². The summed E-state index contributed by atoms with van der Waals surface area (Å²) in [5.41, 5.74) is 3.71. The molecule has 1 aliphatic heterocycles. The maximum atomic E-state index is 13.1. The Morgan fingerprint density at radius 3 is 2.62 bits per heavy atom. The number of carbonyl (C=O) groups excluding carboxylic acids is 2. The number of nitrogens with zero attached hydrogens (tertiary/aromatic N) is 1. The van der Waals surface area contributed by atoms with Crippen LogP contribution in [0.4, 0.5) is 5.69 Å². The van der Waals surface area contributed by atoms with E-state index in [9.17, 15) is 9.59 Å². The lowest BCUT2D eigenvalue weighted by Crippen LogP contribution is -2.27. The molecule has 1 heterocycles. The van der Waals surface area contributed by atoms with Crippen LogP contribution in [0.5, 0.6) is 11.5 Å². The zero-order valence-electron chi connectivity index (χ0n) is 18.1. The zero-order valence-corrected chi connectivity index (χ0v) is 21.3. The number of halogens is 1. The van der Waals surface area contributed by atoms with Crippen molar-refractivity contribution < 1.29 is 23.8 Å². The van der Waals surface area contributed by atoms with Crippen LogP contribution in [0.25, 0.3) is 6.08 Å². The number of thiocarbonyl (C=S) groups is 1. The van der Waals surface area contributed by atoms with Gasteiger partial charge in [0.15, 0.2) is 22.4 Å². The van der Waals surface area contributed by atoms with E-state index in [2.05, 4.69) is 15.9 Å². The SMILES string of the molecule is CCOC(=O)COc1c(Br)cc(C=C2SC(=S)N(c3ccc(C)c(C)c3)C2=O)cc1OC. The Balaban J connectivity index is 1.87. The first-order valence-electron chi connectivity index (χ1n) is 9.76. The van der Waals surface area contributed by atoms with Gasteiger partial charge in [-0.15, -0.1) is 0 Å². The molecule has 1 amide bonds. The summed E-state index contributed by atoms with van der Waals surface area (Å²) in [6, 6.07) is 9.34. The summed E-state index contributed by atoms with van der Waals surface area (Å²) < 4.78 is 16.9. The molecule has 0 aliphatic carbocycles. The highest BCUT2D eigenvalue weighted by Gasteiger charge is 2.33. The van der Waals surface area contributed by atoms with Crippen molar-refractivity contribution >= 4 is 67.9 Å². The predicted molar refractivity (Wildman–Crippen MR) is 134 cm³/mol. The highest BCUT2D eigenvalue weighted by atomic mass is 79.9. The topological polar surface area (TPSA) is 65.1 Å². The minimum absolute atomic E-state index is 0.180. The van der Waals surface area contributed by atoms with Gasteiger partial charge in [-0.05, 0) is 83.7 Å². The van der Waals surface area contributed by atoms with Crippen molar-refractivity contribution in [2.75, 3.05) is 25.2 Å². The van der Waals surface area contributed by atoms with Crippen molar-refractivity contribution in [1.82, 2.24) is 0 Å². The Kier molecular flexibility index (Phi) is 7.97. The van der Waals surface area contributed by atoms with Crippen molar-refractivity contribution in [2.45, 2.75) is 20.8 Å². The van der Waals surface area contributed by atoms with E-state index < -0.39 is 5.97 Å². The van der Waals surface area contributed by atoms with Gasteiger partial charge in [0.1, 0.15) is 0 Å². The number of aryl methyl sites for hydroxylation is 2. The lowest BCUT2D eigenvalue weighted by atomic mass is 10.1. The van der Waals surface area contributed by atoms with Gasteiger partial charge in [0.2, 0.25) is 0 Å². The molecule has 0 spiro atoms. The molecule has 9 heteroatoms. The Morgan fingerprint density at radius 2 is 1.97 bits per heavy atom. The Labute approximate surface area is 205 Å². The summed E-state index contributed by atoms with van der Waals surface area (Å²) in [7, 11) is 1.50. The third-order valence-corrected chi connectivity index (χ3v) is 6.62. The molecule has 0 N–H and O–H groups in total. The van der Waals surface area contributed by atoms with Gasteiger partial charge in [0.25, 0.3) is 5.91 Å². The van der Waals surface area contributed by atoms with E-state index in [0.717, 1.165) is 22.4 Å². The minimum Gasteiger partial charge on any atom is -0.493 e. The summed E-state index contributed by atoms with van der Waals surface area (Å²) in [6.07, 6.45) is 1.75. The second kappa shape index (κ2) is 10.5. The van der Waals surface area contributed by atoms with Crippen molar-refractivity contribution in [1.29, 1.82) is 0 Å². The van der Waals surface area contributed by atoms with Crippen LogP contribution in [0.1, 0.15) is 23.6 Å². The van der Waals surface area contributed by atoms with Crippen LogP contribution < -0.4 is 14.4 Å². The maximum absolute atomic E-state index is 13.1.